The summed E-state index contributed by atoms with van der Waals surface area (Å²) in [5.41, 5.74) is 3.65. The first-order valence-electron chi connectivity index (χ1n) is 7.19. The van der Waals surface area contributed by atoms with Crippen LogP contribution >= 0.6 is 23.4 Å². The number of ketones is 1. The Bertz CT molecular complexity index is 713. The molecule has 0 aliphatic carbocycles. The van der Waals surface area contributed by atoms with Crippen LogP contribution in [0.5, 0.6) is 0 Å². The number of carbonyl (C=O) groups excluding carboxylic acids is 2. The lowest BCUT2D eigenvalue weighted by Gasteiger charge is -2.06. The van der Waals surface area contributed by atoms with Gasteiger partial charge in [-0.05, 0) is 55.3 Å². The molecule has 0 saturated heterocycles. The van der Waals surface area contributed by atoms with Crippen LogP contribution in [0.1, 0.15) is 21.5 Å². The largest absolute Gasteiger partial charge is 0.325 e. The van der Waals surface area contributed by atoms with Crippen LogP contribution in [0.25, 0.3) is 0 Å². The Balaban J connectivity index is 1.79. The van der Waals surface area contributed by atoms with Crippen molar-refractivity contribution in [3.63, 3.8) is 0 Å². The first-order valence-corrected chi connectivity index (χ1v) is 8.72. The molecule has 2 rings (SSSR count). The van der Waals surface area contributed by atoms with Gasteiger partial charge in [0.1, 0.15) is 0 Å². The van der Waals surface area contributed by atoms with Crippen molar-refractivity contribution in [1.82, 2.24) is 0 Å². The zero-order valence-corrected chi connectivity index (χ0v) is 14.6. The minimum absolute atomic E-state index is 0.0393. The molecule has 0 atom stereocenters. The van der Waals surface area contributed by atoms with E-state index in [1.807, 2.05) is 32.0 Å². The number of hydrogen-bond donors (Lipinski definition) is 1. The average Bonchev–Trinajstić information content (AvgIpc) is 2.52. The molecular weight excluding hydrogens is 330 g/mol. The highest BCUT2D eigenvalue weighted by Crippen LogP contribution is 2.15. The molecule has 0 aliphatic rings. The molecular formula is C18H18ClNO2S. The van der Waals surface area contributed by atoms with Crippen molar-refractivity contribution in [1.29, 1.82) is 0 Å². The molecule has 0 fully saturated rings. The quantitative estimate of drug-likeness (QED) is 0.782. The van der Waals surface area contributed by atoms with E-state index in [9.17, 15) is 9.59 Å². The molecule has 1 amide bonds. The van der Waals surface area contributed by atoms with E-state index < -0.39 is 0 Å². The van der Waals surface area contributed by atoms with Crippen LogP contribution in [0.4, 0.5) is 5.69 Å². The van der Waals surface area contributed by atoms with Gasteiger partial charge in [-0.2, -0.15) is 0 Å². The zero-order chi connectivity index (χ0) is 16.8. The summed E-state index contributed by atoms with van der Waals surface area (Å²) in [5, 5.41) is 3.39. The van der Waals surface area contributed by atoms with Gasteiger partial charge in [0.05, 0.1) is 11.5 Å². The van der Waals surface area contributed by atoms with E-state index in [0.717, 1.165) is 11.1 Å². The Kier molecular flexibility index (Phi) is 6.25. The van der Waals surface area contributed by atoms with Crippen LogP contribution in [0, 0.1) is 13.8 Å². The van der Waals surface area contributed by atoms with Crippen LogP contribution in [0.2, 0.25) is 5.02 Å². The van der Waals surface area contributed by atoms with Gasteiger partial charge in [0.2, 0.25) is 5.91 Å². The Labute approximate surface area is 145 Å². The number of aryl methyl sites for hydroxylation is 2. The third kappa shape index (κ3) is 5.41. The monoisotopic (exact) mass is 347 g/mol. The lowest BCUT2D eigenvalue weighted by molar-refractivity contribution is -0.113. The fourth-order valence-electron chi connectivity index (χ4n) is 1.96. The van der Waals surface area contributed by atoms with Gasteiger partial charge in [-0.3, -0.25) is 9.59 Å². The number of halogens is 1. The molecule has 0 spiro atoms. The average molecular weight is 348 g/mol. The van der Waals surface area contributed by atoms with Crippen LogP contribution in [-0.2, 0) is 4.79 Å². The summed E-state index contributed by atoms with van der Waals surface area (Å²) in [6, 6.07) is 12.6. The Morgan fingerprint density at radius 3 is 2.35 bits per heavy atom. The molecule has 0 bridgehead atoms. The fourth-order valence-corrected chi connectivity index (χ4v) is 2.80. The maximum absolute atomic E-state index is 12.1. The second-order valence-electron chi connectivity index (χ2n) is 5.27. The number of thioether (sulfide) groups is 1. The molecule has 0 heterocycles. The predicted molar refractivity (Wildman–Crippen MR) is 97.7 cm³/mol. The number of benzene rings is 2. The van der Waals surface area contributed by atoms with Gasteiger partial charge < -0.3 is 5.32 Å². The van der Waals surface area contributed by atoms with E-state index in [2.05, 4.69) is 5.32 Å². The molecule has 0 aliphatic heterocycles. The maximum atomic E-state index is 12.1. The number of anilines is 1. The SMILES string of the molecule is Cc1ccc(C(=O)CSCC(=O)Nc2ccc(Cl)cc2)cc1C. The van der Waals surface area contributed by atoms with Crippen LogP contribution in [0.3, 0.4) is 0 Å². The summed E-state index contributed by atoms with van der Waals surface area (Å²) in [7, 11) is 0. The minimum atomic E-state index is -0.134. The molecule has 2 aromatic carbocycles. The Morgan fingerprint density at radius 2 is 1.70 bits per heavy atom. The maximum Gasteiger partial charge on any atom is 0.234 e. The number of Topliss-reactive ketones (excluding diaryl/α,β-unsaturated/α-hetero) is 1. The summed E-state index contributed by atoms with van der Waals surface area (Å²) in [6.07, 6.45) is 0. The molecule has 1 N–H and O–H groups in total. The van der Waals surface area contributed by atoms with Crippen LogP contribution < -0.4 is 5.32 Å². The lowest BCUT2D eigenvalue weighted by atomic mass is 10.0. The summed E-state index contributed by atoms with van der Waals surface area (Å²) in [6.45, 7) is 4.00. The van der Waals surface area contributed by atoms with Crippen molar-refractivity contribution in [2.24, 2.45) is 0 Å². The van der Waals surface area contributed by atoms with Gasteiger partial charge in [0.15, 0.2) is 5.78 Å². The van der Waals surface area contributed by atoms with Crippen molar-refractivity contribution in [2.75, 3.05) is 16.8 Å². The molecule has 0 saturated carbocycles. The van der Waals surface area contributed by atoms with Gasteiger partial charge >= 0.3 is 0 Å². The number of hydrogen-bond acceptors (Lipinski definition) is 3. The first kappa shape index (κ1) is 17.6. The zero-order valence-electron chi connectivity index (χ0n) is 13.1. The molecule has 23 heavy (non-hydrogen) atoms. The van der Waals surface area contributed by atoms with Gasteiger partial charge in [-0.15, -0.1) is 11.8 Å². The third-order valence-corrected chi connectivity index (χ3v) is 4.61. The van der Waals surface area contributed by atoms with Gasteiger partial charge in [0, 0.05) is 16.3 Å². The molecule has 0 unspecified atom stereocenters. The smallest absolute Gasteiger partial charge is 0.234 e. The Hall–Kier alpha value is -1.78. The normalized spacial score (nSPS) is 10.4. The number of amides is 1. The van der Waals surface area contributed by atoms with Crippen molar-refractivity contribution in [3.05, 3.63) is 64.2 Å². The lowest BCUT2D eigenvalue weighted by Crippen LogP contribution is -2.15. The third-order valence-electron chi connectivity index (χ3n) is 3.42. The van der Waals surface area contributed by atoms with Crippen molar-refractivity contribution < 1.29 is 9.59 Å². The van der Waals surface area contributed by atoms with E-state index in [1.54, 1.807) is 24.3 Å². The van der Waals surface area contributed by atoms with Gasteiger partial charge in [0.25, 0.3) is 0 Å². The predicted octanol–water partition coefficient (Wildman–Crippen LogP) is 4.51. The highest BCUT2D eigenvalue weighted by Gasteiger charge is 2.09. The highest BCUT2D eigenvalue weighted by molar-refractivity contribution is 8.00. The first-order chi connectivity index (χ1) is 11.0. The number of carbonyl (C=O) groups is 2. The highest BCUT2D eigenvalue weighted by atomic mass is 35.5. The summed E-state index contributed by atoms with van der Waals surface area (Å²) in [5.74, 6) is 0.429. The van der Waals surface area contributed by atoms with E-state index in [1.165, 1.54) is 11.8 Å². The summed E-state index contributed by atoms with van der Waals surface area (Å²) in [4.78, 5) is 24.0. The topological polar surface area (TPSA) is 46.2 Å². The van der Waals surface area contributed by atoms with Crippen molar-refractivity contribution in [3.8, 4) is 0 Å². The van der Waals surface area contributed by atoms with Crippen molar-refractivity contribution >= 4 is 40.7 Å². The molecule has 120 valence electrons. The molecule has 0 radical (unpaired) electrons. The molecule has 0 aromatic heterocycles. The molecule has 5 heteroatoms. The van der Waals surface area contributed by atoms with Crippen LogP contribution in [0.15, 0.2) is 42.5 Å². The second-order valence-corrected chi connectivity index (χ2v) is 6.69. The molecule has 2 aromatic rings. The number of rotatable bonds is 6. The van der Waals surface area contributed by atoms with Gasteiger partial charge in [-0.1, -0.05) is 23.7 Å². The fraction of sp³-hybridized carbons (Fsp3) is 0.222. The van der Waals surface area contributed by atoms with Gasteiger partial charge in [-0.25, -0.2) is 0 Å². The summed E-state index contributed by atoms with van der Waals surface area (Å²) >= 11 is 7.10. The standard InChI is InChI=1S/C18H18ClNO2S/c1-12-3-4-14(9-13(12)2)17(21)10-23-11-18(22)20-16-7-5-15(19)6-8-16/h3-9H,10-11H2,1-2H3,(H,20,22). The van der Waals surface area contributed by atoms with Crippen LogP contribution in [-0.4, -0.2) is 23.2 Å². The Morgan fingerprint density at radius 1 is 1.00 bits per heavy atom. The van der Waals surface area contributed by atoms with E-state index in [0.29, 0.717) is 16.3 Å². The molecule has 3 nitrogen and oxygen atoms in total. The van der Waals surface area contributed by atoms with E-state index >= 15 is 0 Å². The summed E-state index contributed by atoms with van der Waals surface area (Å²) < 4.78 is 0. The number of nitrogens with one attached hydrogen (secondary N) is 1. The van der Waals surface area contributed by atoms with Crippen molar-refractivity contribution in [2.45, 2.75) is 13.8 Å². The minimum Gasteiger partial charge on any atom is -0.325 e. The van der Waals surface area contributed by atoms with E-state index in [-0.39, 0.29) is 23.2 Å². The second kappa shape index (κ2) is 8.18. The van der Waals surface area contributed by atoms with E-state index in [4.69, 9.17) is 11.6 Å².